The van der Waals surface area contributed by atoms with Gasteiger partial charge in [0.25, 0.3) is 0 Å². The van der Waals surface area contributed by atoms with Crippen LogP contribution in [0.5, 0.6) is 0 Å². The molecule has 0 spiro atoms. The van der Waals surface area contributed by atoms with Crippen LogP contribution in [0.4, 0.5) is 5.69 Å². The molecule has 0 aliphatic carbocycles. The molecule has 0 amide bonds. The van der Waals surface area contributed by atoms with E-state index >= 15 is 0 Å². The molecule has 0 saturated carbocycles. The van der Waals surface area contributed by atoms with Gasteiger partial charge in [-0.2, -0.15) is 0 Å². The molecule has 5 heteroatoms. The predicted molar refractivity (Wildman–Crippen MR) is 74.7 cm³/mol. The molecule has 0 aliphatic rings. The van der Waals surface area contributed by atoms with E-state index in [2.05, 4.69) is 19.9 Å². The van der Waals surface area contributed by atoms with Crippen molar-refractivity contribution in [3.63, 3.8) is 0 Å². The van der Waals surface area contributed by atoms with Crippen LogP contribution in [0.25, 0.3) is 11.0 Å². The highest BCUT2D eigenvalue weighted by atomic mass is 32.1. The number of fused-ring (bicyclic) bond motifs is 1. The zero-order chi connectivity index (χ0) is 12.5. The van der Waals surface area contributed by atoms with Gasteiger partial charge < -0.3 is 10.3 Å². The molecule has 2 aromatic heterocycles. The first-order valence-electron chi connectivity index (χ1n) is 5.84. The number of aromatic nitrogens is 3. The van der Waals surface area contributed by atoms with Crippen LogP contribution in [0.15, 0.2) is 29.9 Å². The van der Waals surface area contributed by atoms with E-state index in [-0.39, 0.29) is 0 Å². The van der Waals surface area contributed by atoms with Crippen LogP contribution < -0.4 is 5.73 Å². The number of benzene rings is 1. The van der Waals surface area contributed by atoms with Crippen molar-refractivity contribution >= 4 is 28.1 Å². The van der Waals surface area contributed by atoms with Crippen LogP contribution in [0.3, 0.4) is 0 Å². The molecule has 0 atom stereocenters. The standard InChI is InChI=1S/C13H14N4S/c1-9-7-18-13(16-9)4-5-17-8-15-11-6-10(14)2-3-12(11)17/h2-3,6-8H,4-5,14H2,1H3. The molecule has 2 N–H and O–H groups in total. The van der Waals surface area contributed by atoms with E-state index in [9.17, 15) is 0 Å². The van der Waals surface area contributed by atoms with Gasteiger partial charge >= 0.3 is 0 Å². The Kier molecular flexibility index (Phi) is 2.76. The molecule has 2 heterocycles. The highest BCUT2D eigenvalue weighted by Crippen LogP contribution is 2.17. The summed E-state index contributed by atoms with van der Waals surface area (Å²) >= 11 is 1.71. The molecular weight excluding hydrogens is 244 g/mol. The second-order valence-corrected chi connectivity index (χ2v) is 5.26. The SMILES string of the molecule is Cc1csc(CCn2cnc3cc(N)ccc32)n1. The van der Waals surface area contributed by atoms with Crippen LogP contribution in [0, 0.1) is 6.92 Å². The molecule has 0 saturated heterocycles. The summed E-state index contributed by atoms with van der Waals surface area (Å²) in [7, 11) is 0. The first kappa shape index (κ1) is 11.2. The fourth-order valence-electron chi connectivity index (χ4n) is 1.99. The molecule has 1 aromatic carbocycles. The maximum Gasteiger partial charge on any atom is 0.0958 e. The summed E-state index contributed by atoms with van der Waals surface area (Å²) in [5.74, 6) is 0. The molecule has 0 aliphatic heterocycles. The lowest BCUT2D eigenvalue weighted by Gasteiger charge is -2.02. The Balaban J connectivity index is 1.82. The lowest BCUT2D eigenvalue weighted by Crippen LogP contribution is -1.99. The van der Waals surface area contributed by atoms with Gasteiger partial charge in [-0.15, -0.1) is 11.3 Å². The third kappa shape index (κ3) is 2.09. The van der Waals surface area contributed by atoms with Gasteiger partial charge in [0.15, 0.2) is 0 Å². The Bertz CT molecular complexity index is 683. The summed E-state index contributed by atoms with van der Waals surface area (Å²) < 4.78 is 2.14. The zero-order valence-corrected chi connectivity index (χ0v) is 10.9. The molecule has 18 heavy (non-hydrogen) atoms. The maximum absolute atomic E-state index is 5.74. The van der Waals surface area contributed by atoms with E-state index in [1.807, 2.05) is 31.5 Å². The van der Waals surface area contributed by atoms with Crippen LogP contribution in [-0.4, -0.2) is 14.5 Å². The Labute approximate surface area is 109 Å². The highest BCUT2D eigenvalue weighted by Gasteiger charge is 2.04. The molecule has 3 aromatic rings. The summed E-state index contributed by atoms with van der Waals surface area (Å²) in [6, 6.07) is 5.83. The second-order valence-electron chi connectivity index (χ2n) is 4.32. The quantitative estimate of drug-likeness (QED) is 0.735. The van der Waals surface area contributed by atoms with Crippen molar-refractivity contribution in [1.29, 1.82) is 0 Å². The van der Waals surface area contributed by atoms with Gasteiger partial charge in [-0.25, -0.2) is 9.97 Å². The van der Waals surface area contributed by atoms with Crippen molar-refractivity contribution in [2.24, 2.45) is 0 Å². The van der Waals surface area contributed by atoms with Crippen molar-refractivity contribution < 1.29 is 0 Å². The summed E-state index contributed by atoms with van der Waals surface area (Å²) in [6.07, 6.45) is 2.80. The van der Waals surface area contributed by atoms with E-state index in [4.69, 9.17) is 5.73 Å². The zero-order valence-electron chi connectivity index (χ0n) is 10.1. The van der Waals surface area contributed by atoms with Gasteiger partial charge in [0, 0.05) is 29.7 Å². The number of hydrogen-bond acceptors (Lipinski definition) is 4. The molecule has 0 radical (unpaired) electrons. The molecule has 4 nitrogen and oxygen atoms in total. The number of hydrogen-bond donors (Lipinski definition) is 1. The minimum absolute atomic E-state index is 0.753. The molecule has 0 unspecified atom stereocenters. The average Bonchev–Trinajstić information content (AvgIpc) is 2.92. The largest absolute Gasteiger partial charge is 0.399 e. The number of aryl methyl sites for hydroxylation is 3. The number of thiazole rings is 1. The third-order valence-electron chi connectivity index (χ3n) is 2.88. The van der Waals surface area contributed by atoms with E-state index in [0.717, 1.165) is 35.4 Å². The molecule has 3 rings (SSSR count). The number of rotatable bonds is 3. The lowest BCUT2D eigenvalue weighted by atomic mass is 10.3. The average molecular weight is 258 g/mol. The smallest absolute Gasteiger partial charge is 0.0958 e. The Hall–Kier alpha value is -1.88. The molecule has 0 fully saturated rings. The van der Waals surface area contributed by atoms with Gasteiger partial charge in [0.2, 0.25) is 0 Å². The number of imidazole rings is 1. The van der Waals surface area contributed by atoms with Crippen molar-refractivity contribution in [2.45, 2.75) is 19.9 Å². The normalized spacial score (nSPS) is 11.2. The van der Waals surface area contributed by atoms with Gasteiger partial charge in [-0.3, -0.25) is 0 Å². The predicted octanol–water partition coefficient (Wildman–Crippen LogP) is 2.63. The lowest BCUT2D eigenvalue weighted by molar-refractivity contribution is 0.712. The first-order chi connectivity index (χ1) is 8.72. The Morgan fingerprint density at radius 3 is 3.06 bits per heavy atom. The van der Waals surface area contributed by atoms with Crippen molar-refractivity contribution in [3.8, 4) is 0 Å². The molecular formula is C13H14N4S. The van der Waals surface area contributed by atoms with E-state index in [0.29, 0.717) is 0 Å². The van der Waals surface area contributed by atoms with Crippen LogP contribution in [0.1, 0.15) is 10.7 Å². The third-order valence-corrected chi connectivity index (χ3v) is 3.90. The number of nitrogens with zero attached hydrogens (tertiary/aromatic N) is 3. The summed E-state index contributed by atoms with van der Waals surface area (Å²) in [5.41, 5.74) is 9.66. The minimum atomic E-state index is 0.753. The van der Waals surface area contributed by atoms with Gasteiger partial charge in [0.1, 0.15) is 0 Å². The van der Waals surface area contributed by atoms with Crippen molar-refractivity contribution in [3.05, 3.63) is 40.6 Å². The van der Waals surface area contributed by atoms with E-state index < -0.39 is 0 Å². The number of anilines is 1. The van der Waals surface area contributed by atoms with Gasteiger partial charge in [-0.1, -0.05) is 0 Å². The number of nitrogens with two attached hydrogens (primary N) is 1. The maximum atomic E-state index is 5.74. The van der Waals surface area contributed by atoms with Crippen LogP contribution in [0.2, 0.25) is 0 Å². The van der Waals surface area contributed by atoms with Crippen LogP contribution in [-0.2, 0) is 13.0 Å². The number of nitrogen functional groups attached to an aromatic ring is 1. The minimum Gasteiger partial charge on any atom is -0.399 e. The Morgan fingerprint density at radius 2 is 2.28 bits per heavy atom. The first-order valence-corrected chi connectivity index (χ1v) is 6.72. The van der Waals surface area contributed by atoms with Crippen molar-refractivity contribution in [2.75, 3.05) is 5.73 Å². The van der Waals surface area contributed by atoms with Crippen molar-refractivity contribution in [1.82, 2.24) is 14.5 Å². The van der Waals surface area contributed by atoms with E-state index in [1.165, 1.54) is 5.01 Å². The summed E-state index contributed by atoms with van der Waals surface area (Å²) in [5, 5.41) is 3.26. The molecule has 92 valence electrons. The van der Waals surface area contributed by atoms with Gasteiger partial charge in [-0.05, 0) is 25.1 Å². The molecule has 0 bridgehead atoms. The second kappa shape index (κ2) is 4.42. The highest BCUT2D eigenvalue weighted by molar-refractivity contribution is 7.09. The topological polar surface area (TPSA) is 56.7 Å². The van der Waals surface area contributed by atoms with Gasteiger partial charge in [0.05, 0.1) is 22.4 Å². The van der Waals surface area contributed by atoms with E-state index in [1.54, 1.807) is 11.3 Å². The van der Waals surface area contributed by atoms with Crippen LogP contribution >= 0.6 is 11.3 Å². The monoisotopic (exact) mass is 258 g/mol. The Morgan fingerprint density at radius 1 is 1.39 bits per heavy atom. The summed E-state index contributed by atoms with van der Waals surface area (Å²) in [6.45, 7) is 2.92. The fraction of sp³-hybridized carbons (Fsp3) is 0.231. The summed E-state index contributed by atoms with van der Waals surface area (Å²) in [4.78, 5) is 8.83. The fourth-order valence-corrected chi connectivity index (χ4v) is 2.76.